The lowest BCUT2D eigenvalue weighted by molar-refractivity contribution is -0.246. The fraction of sp³-hybridized carbons (Fsp3) is 0.348. The van der Waals surface area contributed by atoms with E-state index in [9.17, 15) is 27.8 Å². The summed E-state index contributed by atoms with van der Waals surface area (Å²) in [5, 5.41) is 25.2. The topological polar surface area (TPSA) is 58.3 Å². The molecule has 0 unspecified atom stereocenters. The van der Waals surface area contributed by atoms with Crippen LogP contribution in [-0.2, 0) is 11.1 Å². The highest BCUT2D eigenvalue weighted by atomic mass is 19.4. The molecule has 5 rings (SSSR count). The first-order valence-electron chi connectivity index (χ1n) is 10.1. The first-order valence-corrected chi connectivity index (χ1v) is 10.1. The number of alkyl halides is 3. The normalized spacial score (nSPS) is 21.9. The van der Waals surface area contributed by atoms with E-state index >= 15 is 0 Å². The third-order valence-corrected chi connectivity index (χ3v) is 6.70. The molecule has 1 atom stereocenters. The Bertz CT molecular complexity index is 1160. The second kappa shape index (κ2) is 6.64. The number of halogens is 4. The van der Waals surface area contributed by atoms with Gasteiger partial charge in [-0.25, -0.2) is 4.39 Å². The summed E-state index contributed by atoms with van der Waals surface area (Å²) in [7, 11) is 0. The van der Waals surface area contributed by atoms with E-state index in [2.05, 4.69) is 5.10 Å². The van der Waals surface area contributed by atoms with Crippen molar-refractivity contribution in [3.8, 4) is 22.3 Å². The van der Waals surface area contributed by atoms with Crippen molar-refractivity contribution < 1.29 is 27.8 Å². The minimum atomic E-state index is -5.03. The van der Waals surface area contributed by atoms with Crippen LogP contribution < -0.4 is 0 Å². The van der Waals surface area contributed by atoms with Crippen LogP contribution in [0.1, 0.15) is 36.8 Å². The molecule has 2 aliphatic carbocycles. The zero-order valence-corrected chi connectivity index (χ0v) is 16.5. The van der Waals surface area contributed by atoms with Crippen molar-refractivity contribution >= 4 is 0 Å². The molecule has 8 heteroatoms. The molecule has 31 heavy (non-hydrogen) atoms. The fourth-order valence-corrected chi connectivity index (χ4v) is 5.09. The highest BCUT2D eigenvalue weighted by molar-refractivity contribution is 5.92. The maximum absolute atomic E-state index is 14.6. The average molecular weight is 432 g/mol. The van der Waals surface area contributed by atoms with Crippen molar-refractivity contribution in [2.24, 2.45) is 0 Å². The summed E-state index contributed by atoms with van der Waals surface area (Å²) in [6.45, 7) is -0.105. The van der Waals surface area contributed by atoms with Gasteiger partial charge in [-0.05, 0) is 41.7 Å². The Hall–Kier alpha value is -2.71. The summed E-state index contributed by atoms with van der Waals surface area (Å²) in [6.07, 6.45) is 1.44. The van der Waals surface area contributed by atoms with Crippen LogP contribution in [0.5, 0.6) is 0 Å². The predicted molar refractivity (Wildman–Crippen MR) is 106 cm³/mol. The summed E-state index contributed by atoms with van der Waals surface area (Å²) in [4.78, 5) is 0. The van der Waals surface area contributed by atoms with Gasteiger partial charge >= 0.3 is 6.18 Å². The monoisotopic (exact) mass is 432 g/mol. The predicted octanol–water partition coefficient (Wildman–Crippen LogP) is 4.73. The van der Waals surface area contributed by atoms with Crippen molar-refractivity contribution in [1.29, 1.82) is 0 Å². The van der Waals surface area contributed by atoms with Crippen LogP contribution in [0.25, 0.3) is 22.3 Å². The molecule has 0 bridgehead atoms. The summed E-state index contributed by atoms with van der Waals surface area (Å²) >= 11 is 0. The van der Waals surface area contributed by atoms with Crippen LogP contribution in [0, 0.1) is 5.82 Å². The molecule has 3 aromatic rings. The number of aliphatic hydroxyl groups excluding tert-OH is 1. The molecule has 0 radical (unpaired) electrons. The van der Waals surface area contributed by atoms with E-state index in [0.29, 0.717) is 5.56 Å². The van der Waals surface area contributed by atoms with Crippen molar-refractivity contribution in [3.63, 3.8) is 0 Å². The Balaban J connectivity index is 1.74. The fourth-order valence-electron chi connectivity index (χ4n) is 5.09. The number of rotatable bonds is 3. The van der Waals surface area contributed by atoms with E-state index in [1.54, 1.807) is 16.9 Å². The Morgan fingerprint density at radius 1 is 1.03 bits per heavy atom. The Kier molecular flexibility index (Phi) is 4.33. The number of hydrogen-bond acceptors (Lipinski definition) is 3. The summed E-state index contributed by atoms with van der Waals surface area (Å²) in [6, 6.07) is 7.63. The molecular weight excluding hydrogens is 412 g/mol. The average Bonchev–Trinajstić information content (AvgIpc) is 3.46. The minimum Gasteiger partial charge on any atom is -0.394 e. The molecule has 2 N–H and O–H groups in total. The summed E-state index contributed by atoms with van der Waals surface area (Å²) in [5.41, 5.74) is -3.71. The lowest BCUT2D eigenvalue weighted by Gasteiger charge is -2.28. The Labute approximate surface area is 175 Å². The van der Waals surface area contributed by atoms with Gasteiger partial charge in [0, 0.05) is 22.9 Å². The molecule has 162 valence electrons. The van der Waals surface area contributed by atoms with Crippen molar-refractivity contribution in [3.05, 3.63) is 65.7 Å². The van der Waals surface area contributed by atoms with Crippen molar-refractivity contribution in [2.75, 3.05) is 6.61 Å². The lowest BCUT2D eigenvalue weighted by atomic mass is 9.89. The molecular formula is C23H20F4N2O2. The number of aliphatic hydroxyl groups is 2. The van der Waals surface area contributed by atoms with Crippen LogP contribution in [0.2, 0.25) is 0 Å². The first kappa shape index (κ1) is 20.2. The molecule has 1 saturated carbocycles. The standard InChI is InChI=1S/C23H20F4N2O2/c24-15-9-17(14-11-28-29(12-14)21(13-30)7-3-4-8-21)20-16-5-1-2-6-18(16)22(31,19(20)10-15)23(25,26)27/h1-2,5-6,9-12,30-31H,3-4,7-8,13H2/t22-/m1/s1. The zero-order valence-electron chi connectivity index (χ0n) is 16.5. The van der Waals surface area contributed by atoms with Gasteiger partial charge < -0.3 is 10.2 Å². The number of aromatic nitrogens is 2. The van der Waals surface area contributed by atoms with Gasteiger partial charge in [0.05, 0.1) is 18.3 Å². The minimum absolute atomic E-state index is 0.105. The van der Waals surface area contributed by atoms with E-state index in [1.165, 1.54) is 30.5 Å². The number of hydrogen-bond donors (Lipinski definition) is 2. The highest BCUT2D eigenvalue weighted by Crippen LogP contribution is 2.57. The summed E-state index contributed by atoms with van der Waals surface area (Å²) in [5.74, 6) is -0.880. The molecule has 0 spiro atoms. The van der Waals surface area contributed by atoms with Gasteiger partial charge in [0.15, 0.2) is 0 Å². The van der Waals surface area contributed by atoms with Crippen LogP contribution in [0.15, 0.2) is 48.8 Å². The maximum Gasteiger partial charge on any atom is 0.425 e. The second-order valence-electron chi connectivity index (χ2n) is 8.39. The molecule has 2 aliphatic rings. The van der Waals surface area contributed by atoms with E-state index in [1.807, 2.05) is 0 Å². The Morgan fingerprint density at radius 3 is 2.42 bits per heavy atom. The van der Waals surface area contributed by atoms with Gasteiger partial charge in [-0.2, -0.15) is 18.3 Å². The molecule has 0 amide bonds. The third-order valence-electron chi connectivity index (χ3n) is 6.70. The second-order valence-corrected chi connectivity index (χ2v) is 8.39. The molecule has 1 aromatic heterocycles. The van der Waals surface area contributed by atoms with E-state index in [0.717, 1.165) is 31.7 Å². The number of fused-ring (bicyclic) bond motifs is 3. The molecule has 1 fully saturated rings. The van der Waals surface area contributed by atoms with Crippen LogP contribution in [0.4, 0.5) is 17.6 Å². The largest absolute Gasteiger partial charge is 0.425 e. The quantitative estimate of drug-likeness (QED) is 0.589. The molecule has 0 aliphatic heterocycles. The molecule has 1 heterocycles. The maximum atomic E-state index is 14.6. The number of benzene rings is 2. The lowest BCUT2D eigenvalue weighted by Crippen LogP contribution is -2.41. The van der Waals surface area contributed by atoms with E-state index < -0.39 is 28.7 Å². The van der Waals surface area contributed by atoms with Gasteiger partial charge in [0.25, 0.3) is 0 Å². The van der Waals surface area contributed by atoms with Gasteiger partial charge in [-0.1, -0.05) is 37.1 Å². The van der Waals surface area contributed by atoms with Gasteiger partial charge in [0.1, 0.15) is 5.82 Å². The van der Waals surface area contributed by atoms with Crippen molar-refractivity contribution in [1.82, 2.24) is 9.78 Å². The Morgan fingerprint density at radius 2 is 1.74 bits per heavy atom. The summed E-state index contributed by atoms with van der Waals surface area (Å²) < 4.78 is 58.4. The molecule has 4 nitrogen and oxygen atoms in total. The third kappa shape index (κ3) is 2.71. The van der Waals surface area contributed by atoms with Crippen LogP contribution >= 0.6 is 0 Å². The van der Waals surface area contributed by atoms with E-state index in [-0.39, 0.29) is 28.9 Å². The van der Waals surface area contributed by atoms with Gasteiger partial charge in [0.2, 0.25) is 5.60 Å². The van der Waals surface area contributed by atoms with Crippen molar-refractivity contribution in [2.45, 2.75) is 43.0 Å². The number of nitrogens with zero attached hydrogens (tertiary/aromatic N) is 2. The van der Waals surface area contributed by atoms with Gasteiger partial charge in [-0.15, -0.1) is 0 Å². The van der Waals surface area contributed by atoms with Crippen LogP contribution in [-0.4, -0.2) is 32.8 Å². The SMILES string of the molecule is OCC1(n2cc(-c3cc(F)cc4c3-c3ccccc3[C@]4(O)C(F)(F)F)cn2)CCCC1. The van der Waals surface area contributed by atoms with Crippen LogP contribution in [0.3, 0.4) is 0 Å². The smallest absolute Gasteiger partial charge is 0.394 e. The van der Waals surface area contributed by atoms with Gasteiger partial charge in [-0.3, -0.25) is 4.68 Å². The first-order chi connectivity index (χ1) is 14.7. The zero-order chi connectivity index (χ0) is 22.0. The molecule has 2 aromatic carbocycles. The van der Waals surface area contributed by atoms with E-state index in [4.69, 9.17) is 0 Å². The molecule has 0 saturated heterocycles. The highest BCUT2D eigenvalue weighted by Gasteiger charge is 2.61.